The molecule has 6 rings (SSSR count). The van der Waals surface area contributed by atoms with Crippen LogP contribution in [0.25, 0.3) is 22.0 Å². The van der Waals surface area contributed by atoms with E-state index >= 15 is 0 Å². The first-order valence-electron chi connectivity index (χ1n) is 10.5. The number of alkyl halides is 2. The van der Waals surface area contributed by atoms with Crippen LogP contribution < -0.4 is 18.9 Å². The van der Waals surface area contributed by atoms with Crippen molar-refractivity contribution in [2.45, 2.75) is 25.5 Å². The first-order valence-corrected chi connectivity index (χ1v) is 10.5. The number of pyridine rings is 1. The molecule has 3 heterocycles. The molecule has 1 saturated carbocycles. The molecule has 0 unspecified atom stereocenters. The molecule has 0 amide bonds. The number of halogens is 2. The number of hydrogen-bond acceptors (Lipinski definition) is 7. The highest BCUT2D eigenvalue weighted by Gasteiger charge is 2.28. The van der Waals surface area contributed by atoms with Crippen LogP contribution in [-0.4, -0.2) is 28.2 Å². The van der Waals surface area contributed by atoms with E-state index in [0.29, 0.717) is 33.7 Å². The molecule has 0 N–H and O–H groups in total. The van der Waals surface area contributed by atoms with Crippen LogP contribution in [0.15, 0.2) is 48.8 Å². The third-order valence-corrected chi connectivity index (χ3v) is 5.64. The number of fused-ring (bicyclic) bond motifs is 2. The monoisotopic (exact) mass is 462 g/mol. The van der Waals surface area contributed by atoms with Crippen LogP contribution in [0, 0.1) is 11.3 Å². The Labute approximate surface area is 191 Å². The molecule has 2 aliphatic rings. The highest BCUT2D eigenvalue weighted by Crippen LogP contribution is 2.48. The van der Waals surface area contributed by atoms with Gasteiger partial charge in [0.25, 0.3) is 0 Å². The third-order valence-electron chi connectivity index (χ3n) is 5.64. The smallest absolute Gasteiger partial charge is 0.387 e. The van der Waals surface area contributed by atoms with Gasteiger partial charge < -0.3 is 18.9 Å². The van der Waals surface area contributed by atoms with Gasteiger partial charge in [-0.25, -0.2) is 4.98 Å². The molecule has 1 aliphatic heterocycles. The minimum absolute atomic E-state index is 0.0116. The summed E-state index contributed by atoms with van der Waals surface area (Å²) in [6.45, 7) is -2.95. The Kier molecular flexibility index (Phi) is 4.69. The molecule has 2 aromatic carbocycles. The molecule has 170 valence electrons. The largest absolute Gasteiger partial charge is 0.453 e. The molecule has 0 saturated heterocycles. The minimum atomic E-state index is -2.96. The summed E-state index contributed by atoms with van der Waals surface area (Å²) in [5.41, 5.74) is 2.04. The summed E-state index contributed by atoms with van der Waals surface area (Å²) in [6, 6.07) is 12.2. The lowest BCUT2D eigenvalue weighted by Gasteiger charge is -2.12. The van der Waals surface area contributed by atoms with E-state index in [-0.39, 0.29) is 30.0 Å². The van der Waals surface area contributed by atoms with Crippen LogP contribution in [0.2, 0.25) is 0 Å². The maximum Gasteiger partial charge on any atom is 0.387 e. The van der Waals surface area contributed by atoms with E-state index < -0.39 is 6.61 Å². The molecule has 0 bridgehead atoms. The Balaban J connectivity index is 1.49. The van der Waals surface area contributed by atoms with Crippen molar-refractivity contribution < 1.29 is 27.7 Å². The van der Waals surface area contributed by atoms with Gasteiger partial charge in [0.2, 0.25) is 18.4 Å². The van der Waals surface area contributed by atoms with Gasteiger partial charge in [-0.15, -0.1) is 0 Å². The summed E-state index contributed by atoms with van der Waals surface area (Å²) in [6.07, 6.45) is 5.34. The Morgan fingerprint density at radius 2 is 2.03 bits per heavy atom. The van der Waals surface area contributed by atoms with Gasteiger partial charge in [-0.1, -0.05) is 0 Å². The predicted octanol–water partition coefficient (Wildman–Crippen LogP) is 5.43. The molecule has 2 aromatic heterocycles. The fourth-order valence-electron chi connectivity index (χ4n) is 3.94. The van der Waals surface area contributed by atoms with E-state index in [9.17, 15) is 14.0 Å². The summed E-state index contributed by atoms with van der Waals surface area (Å²) in [5.74, 6) is 1.30. The van der Waals surface area contributed by atoms with Crippen molar-refractivity contribution in [3.05, 3.63) is 54.4 Å². The quantitative estimate of drug-likeness (QED) is 0.377. The van der Waals surface area contributed by atoms with Crippen molar-refractivity contribution >= 4 is 10.9 Å². The molecule has 0 atom stereocenters. The number of aromatic nitrogens is 3. The lowest BCUT2D eigenvalue weighted by Crippen LogP contribution is -2.02. The van der Waals surface area contributed by atoms with E-state index in [1.807, 2.05) is 12.3 Å². The second-order valence-corrected chi connectivity index (χ2v) is 7.87. The fourth-order valence-corrected chi connectivity index (χ4v) is 3.94. The molecular formula is C24H16F2N4O4. The van der Waals surface area contributed by atoms with Gasteiger partial charge in [-0.05, 0) is 60.4 Å². The van der Waals surface area contributed by atoms with Gasteiger partial charge in [-0.2, -0.15) is 19.1 Å². The van der Waals surface area contributed by atoms with Crippen molar-refractivity contribution in [1.82, 2.24) is 14.8 Å². The summed E-state index contributed by atoms with van der Waals surface area (Å²) in [4.78, 5) is 4.15. The Morgan fingerprint density at radius 1 is 1.15 bits per heavy atom. The number of hydrogen-bond donors (Lipinski definition) is 0. The van der Waals surface area contributed by atoms with Crippen LogP contribution in [0.3, 0.4) is 0 Å². The van der Waals surface area contributed by atoms with Crippen LogP contribution in [-0.2, 0) is 0 Å². The zero-order valence-corrected chi connectivity index (χ0v) is 17.6. The van der Waals surface area contributed by atoms with E-state index in [2.05, 4.69) is 10.1 Å². The van der Waals surface area contributed by atoms with Crippen molar-refractivity contribution in [2.24, 2.45) is 0 Å². The topological polar surface area (TPSA) is 91.4 Å². The zero-order valence-electron chi connectivity index (χ0n) is 17.6. The third kappa shape index (κ3) is 3.51. The van der Waals surface area contributed by atoms with Crippen LogP contribution >= 0.6 is 0 Å². The normalized spacial score (nSPS) is 14.4. The molecule has 0 spiro atoms. The average Bonchev–Trinajstić information content (AvgIpc) is 3.39. The van der Waals surface area contributed by atoms with E-state index in [1.165, 1.54) is 12.3 Å². The maximum absolute atomic E-state index is 13.0. The van der Waals surface area contributed by atoms with Crippen LogP contribution in [0.1, 0.15) is 24.4 Å². The number of nitriles is 1. The lowest BCUT2D eigenvalue weighted by molar-refractivity contribution is -0.0489. The average molecular weight is 462 g/mol. The van der Waals surface area contributed by atoms with Crippen LogP contribution in [0.4, 0.5) is 8.78 Å². The van der Waals surface area contributed by atoms with E-state index in [1.54, 1.807) is 35.0 Å². The van der Waals surface area contributed by atoms with Gasteiger partial charge in [0.05, 0.1) is 6.04 Å². The first-order chi connectivity index (χ1) is 16.6. The van der Waals surface area contributed by atoms with Crippen LogP contribution in [0.5, 0.6) is 28.9 Å². The van der Waals surface area contributed by atoms with Crippen molar-refractivity contribution in [3.8, 4) is 46.1 Å². The number of ether oxygens (including phenoxy) is 4. The molecule has 34 heavy (non-hydrogen) atoms. The zero-order chi connectivity index (χ0) is 23.2. The van der Waals surface area contributed by atoms with E-state index in [4.69, 9.17) is 18.9 Å². The summed E-state index contributed by atoms with van der Waals surface area (Å²) in [7, 11) is 0. The number of nitrogens with zero attached hydrogens (tertiary/aromatic N) is 4. The van der Waals surface area contributed by atoms with Crippen molar-refractivity contribution in [1.29, 1.82) is 5.26 Å². The molecular weight excluding hydrogens is 446 g/mol. The molecule has 8 nitrogen and oxygen atoms in total. The second kappa shape index (κ2) is 7.88. The Bertz CT molecular complexity index is 1460. The Morgan fingerprint density at radius 3 is 2.82 bits per heavy atom. The predicted molar refractivity (Wildman–Crippen MR) is 115 cm³/mol. The summed E-state index contributed by atoms with van der Waals surface area (Å²) < 4.78 is 49.6. The first kappa shape index (κ1) is 20.2. The molecule has 1 aliphatic carbocycles. The number of rotatable bonds is 6. The fraction of sp³-hybridized carbons (Fsp3) is 0.208. The highest BCUT2D eigenvalue weighted by molar-refractivity contribution is 5.98. The SMILES string of the molecule is N#Cc1cccnc1Oc1cc(-c2ccc(OC(F)F)c3nn(C4CC4)cc23)cc2c1OCO2. The molecule has 0 radical (unpaired) electrons. The standard InChI is InChI=1S/C24H16F2N4O4/c25-24(26)34-18-6-5-16(17-11-30(15-3-4-15)29-21(17)18)14-8-19-22(32-12-31-19)20(9-14)33-23-13(10-27)2-1-7-28-23/h1-2,5-9,11,15,24H,3-4,12H2. The maximum atomic E-state index is 13.0. The van der Waals surface area contributed by atoms with Gasteiger partial charge in [-0.3, -0.25) is 4.68 Å². The van der Waals surface area contributed by atoms with Gasteiger partial charge in [0, 0.05) is 17.8 Å². The summed E-state index contributed by atoms with van der Waals surface area (Å²) >= 11 is 0. The van der Waals surface area contributed by atoms with Gasteiger partial charge >= 0.3 is 6.61 Å². The van der Waals surface area contributed by atoms with Gasteiger partial charge in [0.15, 0.2) is 17.2 Å². The summed E-state index contributed by atoms with van der Waals surface area (Å²) in [5, 5.41) is 14.6. The van der Waals surface area contributed by atoms with Crippen molar-refractivity contribution in [2.75, 3.05) is 6.79 Å². The number of benzene rings is 2. The second-order valence-electron chi connectivity index (χ2n) is 7.87. The minimum Gasteiger partial charge on any atom is -0.453 e. The van der Waals surface area contributed by atoms with Crippen molar-refractivity contribution in [3.63, 3.8) is 0 Å². The lowest BCUT2D eigenvalue weighted by atomic mass is 10.0. The van der Waals surface area contributed by atoms with Gasteiger partial charge in [0.1, 0.15) is 17.1 Å². The molecule has 4 aromatic rings. The molecule has 10 heteroatoms. The molecule has 1 fully saturated rings. The Hall–Kier alpha value is -4.39. The highest BCUT2D eigenvalue weighted by atomic mass is 19.3. The van der Waals surface area contributed by atoms with E-state index in [0.717, 1.165) is 18.4 Å².